The van der Waals surface area contributed by atoms with E-state index in [4.69, 9.17) is 16.0 Å². The lowest BCUT2D eigenvalue weighted by Crippen LogP contribution is -2.44. The molecule has 1 aliphatic heterocycles. The average Bonchev–Trinajstić information content (AvgIpc) is 3.22. The summed E-state index contributed by atoms with van der Waals surface area (Å²) in [6.45, 7) is 0.499. The minimum Gasteiger partial charge on any atom is -0.443 e. The molecule has 0 aliphatic carbocycles. The van der Waals surface area contributed by atoms with Crippen molar-refractivity contribution in [2.75, 3.05) is 6.54 Å². The second kappa shape index (κ2) is 8.55. The van der Waals surface area contributed by atoms with Gasteiger partial charge in [0, 0.05) is 38.1 Å². The van der Waals surface area contributed by atoms with Crippen LogP contribution in [0.15, 0.2) is 50.5 Å². The van der Waals surface area contributed by atoms with Crippen molar-refractivity contribution in [3.8, 4) is 0 Å². The highest BCUT2D eigenvalue weighted by atomic mass is 35.5. The van der Waals surface area contributed by atoms with Gasteiger partial charge in [-0.1, -0.05) is 23.7 Å². The molecule has 0 saturated carbocycles. The van der Waals surface area contributed by atoms with Gasteiger partial charge in [-0.25, -0.2) is 9.78 Å². The van der Waals surface area contributed by atoms with Crippen LogP contribution in [0.25, 0.3) is 0 Å². The number of amides is 1. The molecule has 9 heteroatoms. The molecule has 0 bridgehead atoms. The fourth-order valence-corrected chi connectivity index (χ4v) is 4.14. The summed E-state index contributed by atoms with van der Waals surface area (Å²) in [4.78, 5) is 43.7. The third-order valence-corrected chi connectivity index (χ3v) is 5.87. The quantitative estimate of drug-likeness (QED) is 0.619. The normalized spacial score (nSPS) is 16.5. The maximum Gasteiger partial charge on any atom is 0.331 e. The first kappa shape index (κ1) is 21.1. The van der Waals surface area contributed by atoms with Crippen LogP contribution in [0.2, 0.25) is 5.02 Å². The highest BCUT2D eigenvalue weighted by Gasteiger charge is 2.33. The molecule has 0 N–H and O–H groups in total. The van der Waals surface area contributed by atoms with Gasteiger partial charge in [0.2, 0.25) is 5.89 Å². The average molecular weight is 443 g/mol. The summed E-state index contributed by atoms with van der Waals surface area (Å²) in [7, 11) is 2.87. The minimum absolute atomic E-state index is 0.0608. The maximum atomic E-state index is 13.3. The molecule has 3 heterocycles. The van der Waals surface area contributed by atoms with Crippen LogP contribution < -0.4 is 11.2 Å². The minimum atomic E-state index is -0.538. The first-order chi connectivity index (χ1) is 14.8. The molecule has 1 amide bonds. The van der Waals surface area contributed by atoms with Gasteiger partial charge in [-0.05, 0) is 37.0 Å². The molecule has 162 valence electrons. The van der Waals surface area contributed by atoms with Gasteiger partial charge < -0.3 is 9.32 Å². The number of hydrogen-bond acceptors (Lipinski definition) is 5. The Morgan fingerprint density at radius 2 is 2.00 bits per heavy atom. The number of carbonyl (C=O) groups excluding carboxylic acids is 1. The third kappa shape index (κ3) is 4.20. The number of carbonyl (C=O) groups is 1. The summed E-state index contributed by atoms with van der Waals surface area (Å²) >= 11 is 6.06. The Kier molecular flexibility index (Phi) is 5.82. The number of oxazole rings is 1. The SMILES string of the molecule is Cn1c(C(=O)N2CCCCC2c2ncc(Cc3cccc(Cl)c3)o2)cc(=O)n(C)c1=O. The van der Waals surface area contributed by atoms with Crippen molar-refractivity contribution in [3.63, 3.8) is 0 Å². The molecule has 3 aromatic rings. The van der Waals surface area contributed by atoms with E-state index >= 15 is 0 Å². The van der Waals surface area contributed by atoms with Crippen LogP contribution >= 0.6 is 11.6 Å². The van der Waals surface area contributed by atoms with Crippen molar-refractivity contribution in [2.45, 2.75) is 31.7 Å². The van der Waals surface area contributed by atoms with Gasteiger partial charge in [0.25, 0.3) is 11.5 Å². The van der Waals surface area contributed by atoms with Crippen LogP contribution in [0, 0.1) is 0 Å². The third-order valence-electron chi connectivity index (χ3n) is 5.63. The van der Waals surface area contributed by atoms with Gasteiger partial charge in [-0.3, -0.25) is 18.7 Å². The summed E-state index contributed by atoms with van der Waals surface area (Å²) in [6.07, 6.45) is 4.66. The van der Waals surface area contributed by atoms with Gasteiger partial charge >= 0.3 is 5.69 Å². The zero-order valence-corrected chi connectivity index (χ0v) is 18.1. The maximum absolute atomic E-state index is 13.3. The second-order valence-electron chi connectivity index (χ2n) is 7.75. The van der Waals surface area contributed by atoms with Gasteiger partial charge in [0.05, 0.1) is 6.20 Å². The van der Waals surface area contributed by atoms with Crippen LogP contribution in [0.4, 0.5) is 0 Å². The zero-order chi connectivity index (χ0) is 22.1. The van der Waals surface area contributed by atoms with E-state index in [0.717, 1.165) is 23.0 Å². The van der Waals surface area contributed by atoms with E-state index in [1.165, 1.54) is 24.7 Å². The molecule has 4 rings (SSSR count). The fourth-order valence-electron chi connectivity index (χ4n) is 3.92. The smallest absolute Gasteiger partial charge is 0.331 e. The van der Waals surface area contributed by atoms with Crippen molar-refractivity contribution in [2.24, 2.45) is 14.1 Å². The van der Waals surface area contributed by atoms with Crippen molar-refractivity contribution in [3.05, 3.63) is 85.3 Å². The van der Waals surface area contributed by atoms with E-state index in [0.29, 0.717) is 36.1 Å². The number of benzene rings is 1. The summed E-state index contributed by atoms with van der Waals surface area (Å²) in [5.74, 6) is 0.756. The monoisotopic (exact) mass is 442 g/mol. The highest BCUT2D eigenvalue weighted by molar-refractivity contribution is 6.30. The summed E-state index contributed by atoms with van der Waals surface area (Å²) < 4.78 is 8.17. The Hall–Kier alpha value is -3.13. The van der Waals surface area contributed by atoms with Gasteiger partial charge in [0.15, 0.2) is 0 Å². The van der Waals surface area contributed by atoms with E-state index < -0.39 is 11.2 Å². The molecule has 2 aromatic heterocycles. The highest BCUT2D eigenvalue weighted by Crippen LogP contribution is 2.32. The topological polar surface area (TPSA) is 90.3 Å². The lowest BCUT2D eigenvalue weighted by molar-refractivity contribution is 0.0557. The standard InChI is InChI=1S/C22H23ClN4O4/c1-25-18(12-19(28)26(2)22(25)30)21(29)27-9-4-3-8-17(27)20-24-13-16(31-20)11-14-6-5-7-15(23)10-14/h5-7,10,12-13,17H,3-4,8-9,11H2,1-2H3. The summed E-state index contributed by atoms with van der Waals surface area (Å²) in [6, 6.07) is 8.37. The lowest BCUT2D eigenvalue weighted by atomic mass is 10.0. The van der Waals surface area contributed by atoms with E-state index in [-0.39, 0.29) is 17.6 Å². The molecular formula is C22H23ClN4O4. The Bertz CT molecular complexity index is 1240. The van der Waals surface area contributed by atoms with Crippen molar-refractivity contribution in [1.82, 2.24) is 19.0 Å². The zero-order valence-electron chi connectivity index (χ0n) is 17.4. The van der Waals surface area contributed by atoms with E-state index in [1.807, 2.05) is 24.3 Å². The predicted molar refractivity (Wildman–Crippen MR) is 115 cm³/mol. The Morgan fingerprint density at radius 3 is 2.77 bits per heavy atom. The Labute approximate surface area is 183 Å². The molecule has 0 radical (unpaired) electrons. The van der Waals surface area contributed by atoms with Crippen LogP contribution in [-0.2, 0) is 20.5 Å². The first-order valence-electron chi connectivity index (χ1n) is 10.1. The number of hydrogen-bond donors (Lipinski definition) is 0. The molecule has 0 spiro atoms. The molecule has 1 aliphatic rings. The lowest BCUT2D eigenvalue weighted by Gasteiger charge is -2.34. The number of rotatable bonds is 4. The molecule has 1 unspecified atom stereocenters. The molecular weight excluding hydrogens is 420 g/mol. The van der Waals surface area contributed by atoms with Crippen LogP contribution in [-0.4, -0.2) is 31.5 Å². The van der Waals surface area contributed by atoms with E-state index in [9.17, 15) is 14.4 Å². The number of nitrogens with zero attached hydrogens (tertiary/aromatic N) is 4. The van der Waals surface area contributed by atoms with Gasteiger partial charge in [-0.2, -0.15) is 0 Å². The van der Waals surface area contributed by atoms with Crippen molar-refractivity contribution < 1.29 is 9.21 Å². The van der Waals surface area contributed by atoms with Crippen LogP contribution in [0.5, 0.6) is 0 Å². The van der Waals surface area contributed by atoms with Crippen LogP contribution in [0.3, 0.4) is 0 Å². The molecule has 1 saturated heterocycles. The summed E-state index contributed by atoms with van der Waals surface area (Å²) in [5.41, 5.74) is 0.0110. The number of halogens is 1. The number of aromatic nitrogens is 3. The van der Waals surface area contributed by atoms with E-state index in [1.54, 1.807) is 11.1 Å². The van der Waals surface area contributed by atoms with Crippen molar-refractivity contribution >= 4 is 17.5 Å². The molecule has 1 fully saturated rings. The Morgan fingerprint density at radius 1 is 1.19 bits per heavy atom. The molecule has 1 atom stereocenters. The van der Waals surface area contributed by atoms with Gasteiger partial charge in [-0.15, -0.1) is 0 Å². The van der Waals surface area contributed by atoms with Crippen molar-refractivity contribution in [1.29, 1.82) is 0 Å². The molecule has 8 nitrogen and oxygen atoms in total. The fraction of sp³-hybridized carbons (Fsp3) is 0.364. The predicted octanol–water partition coefficient (Wildman–Crippen LogP) is 2.68. The van der Waals surface area contributed by atoms with E-state index in [2.05, 4.69) is 4.98 Å². The van der Waals surface area contributed by atoms with Gasteiger partial charge in [0.1, 0.15) is 17.5 Å². The molecule has 1 aromatic carbocycles. The second-order valence-corrected chi connectivity index (χ2v) is 8.19. The number of likely N-dealkylation sites (tertiary alicyclic amines) is 1. The Balaban J connectivity index is 1.61. The van der Waals surface area contributed by atoms with Crippen LogP contribution in [0.1, 0.15) is 53.0 Å². The summed E-state index contributed by atoms with van der Waals surface area (Å²) in [5, 5.41) is 0.654. The largest absolute Gasteiger partial charge is 0.443 e. The molecule has 31 heavy (non-hydrogen) atoms. The number of piperidine rings is 1. The first-order valence-corrected chi connectivity index (χ1v) is 10.5.